The predicted octanol–water partition coefficient (Wildman–Crippen LogP) is 3.47. The molecular weight excluding hydrogens is 403 g/mol. The van der Waals surface area contributed by atoms with Gasteiger partial charge in [-0.3, -0.25) is 9.36 Å². The molecule has 0 fully saturated rings. The Kier molecular flexibility index (Phi) is 7.68. The van der Waals surface area contributed by atoms with Crippen LogP contribution in [0.15, 0.2) is 41.5 Å². The van der Waals surface area contributed by atoms with Crippen LogP contribution in [0.5, 0.6) is 0 Å². The number of para-hydroxylation sites is 1. The number of hydrogen-bond acceptors (Lipinski definition) is 5. The molecule has 4 rings (SSSR count). The van der Waals surface area contributed by atoms with Gasteiger partial charge in [0.25, 0.3) is 5.56 Å². The number of halogens is 2. The van der Waals surface area contributed by atoms with Crippen LogP contribution in [0.1, 0.15) is 16.9 Å². The predicted molar refractivity (Wildman–Crippen MR) is 118 cm³/mol. The van der Waals surface area contributed by atoms with E-state index in [2.05, 4.69) is 34.4 Å². The summed E-state index contributed by atoms with van der Waals surface area (Å²) in [6.45, 7) is 3.40. The second kappa shape index (κ2) is 9.55. The minimum absolute atomic E-state index is 0. The largest absolute Gasteiger partial charge is 0.375 e. The molecule has 1 aliphatic rings. The van der Waals surface area contributed by atoms with Gasteiger partial charge in [0.2, 0.25) is 0 Å². The molecular formula is C19H24Cl2N4OS. The van der Waals surface area contributed by atoms with Crippen LogP contribution in [0.4, 0.5) is 5.69 Å². The molecule has 0 radical (unpaired) electrons. The van der Waals surface area contributed by atoms with Gasteiger partial charge in [-0.2, -0.15) is 0 Å². The fraction of sp³-hybridized carbons (Fsp3) is 0.368. The van der Waals surface area contributed by atoms with E-state index in [0.717, 1.165) is 42.7 Å². The van der Waals surface area contributed by atoms with Gasteiger partial charge in [0.15, 0.2) is 0 Å². The van der Waals surface area contributed by atoms with E-state index in [1.807, 2.05) is 18.2 Å². The molecule has 5 nitrogen and oxygen atoms in total. The Labute approximate surface area is 175 Å². The summed E-state index contributed by atoms with van der Waals surface area (Å²) in [6.07, 6.45) is 3.54. The van der Waals surface area contributed by atoms with Gasteiger partial charge in [0, 0.05) is 37.2 Å². The quantitative estimate of drug-likeness (QED) is 0.678. The van der Waals surface area contributed by atoms with Gasteiger partial charge in [-0.25, -0.2) is 4.98 Å². The van der Waals surface area contributed by atoms with E-state index in [1.54, 1.807) is 22.2 Å². The summed E-state index contributed by atoms with van der Waals surface area (Å²) in [4.78, 5) is 21.8. The van der Waals surface area contributed by atoms with Gasteiger partial charge in [0.05, 0.1) is 11.7 Å². The first-order chi connectivity index (χ1) is 12.2. The second-order valence-corrected chi connectivity index (χ2v) is 7.55. The van der Waals surface area contributed by atoms with Gasteiger partial charge >= 0.3 is 0 Å². The maximum Gasteiger partial charge on any atom is 0.262 e. The summed E-state index contributed by atoms with van der Waals surface area (Å²) in [5.41, 5.74) is 2.53. The number of benzene rings is 1. The standard InChI is InChI=1S/C19H22N4OS.2ClH/c1-22(14-6-3-2-4-7-14)10-5-11-23-13-21-18-17(19(23)24)15-8-9-20-12-16(15)25-18;;/h2-4,6-7,13,20H,5,8-12H2,1H3;2*1H. The van der Waals surface area contributed by atoms with Crippen molar-refractivity contribution in [1.29, 1.82) is 0 Å². The van der Waals surface area contributed by atoms with E-state index < -0.39 is 0 Å². The lowest BCUT2D eigenvalue weighted by Gasteiger charge is -2.19. The monoisotopic (exact) mass is 426 g/mol. The topological polar surface area (TPSA) is 50.2 Å². The van der Waals surface area contributed by atoms with E-state index in [1.165, 1.54) is 16.1 Å². The number of thiophene rings is 1. The fourth-order valence-corrected chi connectivity index (χ4v) is 4.55. The van der Waals surface area contributed by atoms with Crippen LogP contribution in [0.3, 0.4) is 0 Å². The van der Waals surface area contributed by atoms with Crippen molar-refractivity contribution < 1.29 is 0 Å². The van der Waals surface area contributed by atoms with Gasteiger partial charge < -0.3 is 10.2 Å². The molecule has 3 aromatic rings. The maximum absolute atomic E-state index is 12.9. The minimum atomic E-state index is 0. The Hall–Kier alpha value is -1.60. The van der Waals surface area contributed by atoms with Crippen molar-refractivity contribution in [3.63, 3.8) is 0 Å². The van der Waals surface area contributed by atoms with Gasteiger partial charge in [-0.1, -0.05) is 18.2 Å². The Morgan fingerprint density at radius 2 is 2.04 bits per heavy atom. The third kappa shape index (κ3) is 4.46. The minimum Gasteiger partial charge on any atom is -0.375 e. The first-order valence-electron chi connectivity index (χ1n) is 8.70. The van der Waals surface area contributed by atoms with Crippen LogP contribution in [0, 0.1) is 0 Å². The van der Waals surface area contributed by atoms with E-state index in [4.69, 9.17) is 0 Å². The lowest BCUT2D eigenvalue weighted by Crippen LogP contribution is -2.26. The molecule has 1 aliphatic heterocycles. The third-order valence-corrected chi connectivity index (χ3v) is 5.93. The lowest BCUT2D eigenvalue weighted by atomic mass is 10.1. The normalized spacial score (nSPS) is 12.8. The highest BCUT2D eigenvalue weighted by Gasteiger charge is 2.19. The molecule has 0 saturated heterocycles. The Morgan fingerprint density at radius 3 is 2.81 bits per heavy atom. The third-order valence-electron chi connectivity index (χ3n) is 4.79. The van der Waals surface area contributed by atoms with Crippen LogP contribution in [0.2, 0.25) is 0 Å². The molecule has 146 valence electrons. The molecule has 0 atom stereocenters. The highest BCUT2D eigenvalue weighted by Crippen LogP contribution is 2.29. The van der Waals surface area contributed by atoms with Crippen molar-refractivity contribution in [3.05, 3.63) is 57.5 Å². The summed E-state index contributed by atoms with van der Waals surface area (Å²) in [5, 5.41) is 4.21. The summed E-state index contributed by atoms with van der Waals surface area (Å²) >= 11 is 1.65. The number of aromatic nitrogens is 2. The molecule has 1 aromatic carbocycles. The fourth-order valence-electron chi connectivity index (χ4n) is 3.40. The smallest absolute Gasteiger partial charge is 0.262 e. The van der Waals surface area contributed by atoms with Crippen LogP contribution in [-0.4, -0.2) is 29.7 Å². The van der Waals surface area contributed by atoms with Gasteiger partial charge in [-0.05, 0) is 37.1 Å². The van der Waals surface area contributed by atoms with E-state index in [-0.39, 0.29) is 30.4 Å². The van der Waals surface area contributed by atoms with Crippen LogP contribution < -0.4 is 15.8 Å². The molecule has 0 spiro atoms. The first-order valence-corrected chi connectivity index (χ1v) is 9.52. The molecule has 0 aliphatic carbocycles. The van der Waals surface area contributed by atoms with Crippen molar-refractivity contribution in [3.8, 4) is 0 Å². The molecule has 0 amide bonds. The zero-order valence-corrected chi connectivity index (χ0v) is 17.6. The molecule has 8 heteroatoms. The van der Waals surface area contributed by atoms with Crippen LogP contribution >= 0.6 is 36.2 Å². The molecule has 0 bridgehead atoms. The average Bonchev–Trinajstić information content (AvgIpc) is 3.03. The van der Waals surface area contributed by atoms with Crippen molar-refractivity contribution in [1.82, 2.24) is 14.9 Å². The number of rotatable bonds is 5. The summed E-state index contributed by atoms with van der Waals surface area (Å²) in [6, 6.07) is 10.3. The zero-order valence-electron chi connectivity index (χ0n) is 15.2. The van der Waals surface area contributed by atoms with Crippen molar-refractivity contribution >= 4 is 52.1 Å². The van der Waals surface area contributed by atoms with Crippen molar-refractivity contribution in [2.24, 2.45) is 0 Å². The molecule has 1 N–H and O–H groups in total. The highest BCUT2D eigenvalue weighted by atomic mass is 35.5. The van der Waals surface area contributed by atoms with Crippen molar-refractivity contribution in [2.45, 2.75) is 25.9 Å². The van der Waals surface area contributed by atoms with Crippen LogP contribution in [-0.2, 0) is 19.5 Å². The molecule has 2 aromatic heterocycles. The zero-order chi connectivity index (χ0) is 17.2. The highest BCUT2D eigenvalue weighted by molar-refractivity contribution is 7.18. The van der Waals surface area contributed by atoms with Gasteiger partial charge in [0.1, 0.15) is 4.83 Å². The number of nitrogens with one attached hydrogen (secondary N) is 1. The molecule has 0 saturated carbocycles. The lowest BCUT2D eigenvalue weighted by molar-refractivity contribution is 0.614. The maximum atomic E-state index is 12.9. The molecule has 3 heterocycles. The Balaban J connectivity index is 0.00000131. The van der Waals surface area contributed by atoms with E-state index in [0.29, 0.717) is 6.54 Å². The van der Waals surface area contributed by atoms with Gasteiger partial charge in [-0.15, -0.1) is 36.2 Å². The van der Waals surface area contributed by atoms with Crippen molar-refractivity contribution in [2.75, 3.05) is 25.0 Å². The first kappa shape index (κ1) is 21.7. The second-order valence-electron chi connectivity index (χ2n) is 6.46. The number of hydrogen-bond donors (Lipinski definition) is 1. The number of aryl methyl sites for hydroxylation is 1. The molecule has 27 heavy (non-hydrogen) atoms. The van der Waals surface area contributed by atoms with Crippen LogP contribution in [0.25, 0.3) is 10.2 Å². The van der Waals surface area contributed by atoms with E-state index in [9.17, 15) is 4.79 Å². The Morgan fingerprint density at radius 1 is 1.26 bits per heavy atom. The summed E-state index contributed by atoms with van der Waals surface area (Å²) in [5.74, 6) is 0. The Bertz CT molecular complexity index is 942. The number of nitrogens with zero attached hydrogens (tertiary/aromatic N) is 3. The SMILES string of the molecule is CN(CCCn1cnc2sc3c(c2c1=O)CCNC3)c1ccccc1.Cl.Cl. The number of anilines is 1. The molecule has 0 unspecified atom stereocenters. The average molecular weight is 427 g/mol. The summed E-state index contributed by atoms with van der Waals surface area (Å²) < 4.78 is 1.77. The number of fused-ring (bicyclic) bond motifs is 3. The van der Waals surface area contributed by atoms with E-state index >= 15 is 0 Å². The summed E-state index contributed by atoms with van der Waals surface area (Å²) in [7, 11) is 2.09.